The van der Waals surface area contributed by atoms with Gasteiger partial charge in [-0.15, -0.1) is 0 Å². The number of rotatable bonds is 7. The quantitative estimate of drug-likeness (QED) is 0.385. The van der Waals surface area contributed by atoms with Crippen LogP contribution in [0.4, 0.5) is 0 Å². The normalized spacial score (nSPS) is 13.5. The lowest BCUT2D eigenvalue weighted by Crippen LogP contribution is -2.37. The minimum absolute atomic E-state index is 0.221. The smallest absolute Gasteiger partial charge is 0.255 e. The van der Waals surface area contributed by atoms with Crippen LogP contribution in [0.25, 0.3) is 0 Å². The molecule has 0 fully saturated rings. The Labute approximate surface area is 102 Å². The molecule has 0 saturated carbocycles. The van der Waals surface area contributed by atoms with Crippen molar-refractivity contribution in [1.29, 1.82) is 0 Å². The van der Waals surface area contributed by atoms with E-state index >= 15 is 0 Å². The number of nitrogens with zero attached hydrogens (tertiary/aromatic N) is 1. The van der Waals surface area contributed by atoms with Gasteiger partial charge in [0, 0.05) is 19.3 Å². The van der Waals surface area contributed by atoms with Crippen molar-refractivity contribution in [2.45, 2.75) is 26.9 Å². The standard InChI is InChI=1S/C12H20N2O3/c1-4-6-11(7-13-9-15)12(17)14(5-2)8-10(3)16/h4,6-7,9-10,16H,5,8H2,1-3H3,(H,13,15)/b6-4-,11-7+. The van der Waals surface area contributed by atoms with E-state index in [4.69, 9.17) is 0 Å². The van der Waals surface area contributed by atoms with Gasteiger partial charge in [0.25, 0.3) is 5.91 Å². The van der Waals surface area contributed by atoms with E-state index in [2.05, 4.69) is 5.32 Å². The molecule has 1 unspecified atom stereocenters. The third kappa shape index (κ3) is 5.87. The van der Waals surface area contributed by atoms with Gasteiger partial charge in [0.2, 0.25) is 6.41 Å². The van der Waals surface area contributed by atoms with Crippen LogP contribution in [0.1, 0.15) is 20.8 Å². The molecule has 0 aromatic rings. The highest BCUT2D eigenvalue weighted by Gasteiger charge is 2.16. The highest BCUT2D eigenvalue weighted by molar-refractivity contribution is 5.96. The van der Waals surface area contributed by atoms with Gasteiger partial charge >= 0.3 is 0 Å². The van der Waals surface area contributed by atoms with E-state index in [1.807, 2.05) is 6.92 Å². The molecular weight excluding hydrogens is 220 g/mol. The maximum Gasteiger partial charge on any atom is 0.255 e. The van der Waals surface area contributed by atoms with Crippen molar-refractivity contribution < 1.29 is 14.7 Å². The zero-order chi connectivity index (χ0) is 13.3. The van der Waals surface area contributed by atoms with Gasteiger partial charge in [-0.05, 0) is 20.8 Å². The van der Waals surface area contributed by atoms with Gasteiger partial charge in [-0.3, -0.25) is 9.59 Å². The Hall–Kier alpha value is -1.62. The monoisotopic (exact) mass is 240 g/mol. The van der Waals surface area contributed by atoms with Crippen molar-refractivity contribution in [3.8, 4) is 0 Å². The molecule has 0 aliphatic carbocycles. The lowest BCUT2D eigenvalue weighted by molar-refractivity contribution is -0.127. The lowest BCUT2D eigenvalue weighted by Gasteiger charge is -2.22. The summed E-state index contributed by atoms with van der Waals surface area (Å²) < 4.78 is 0. The molecule has 0 radical (unpaired) electrons. The maximum absolute atomic E-state index is 12.0. The topological polar surface area (TPSA) is 69.6 Å². The summed E-state index contributed by atoms with van der Waals surface area (Å²) in [5.74, 6) is -0.221. The lowest BCUT2D eigenvalue weighted by atomic mass is 10.2. The number of allylic oxidation sites excluding steroid dienone is 1. The zero-order valence-corrected chi connectivity index (χ0v) is 10.5. The van der Waals surface area contributed by atoms with Crippen molar-refractivity contribution in [3.63, 3.8) is 0 Å². The van der Waals surface area contributed by atoms with Crippen LogP contribution in [-0.4, -0.2) is 41.5 Å². The van der Waals surface area contributed by atoms with Gasteiger partial charge in [-0.2, -0.15) is 0 Å². The molecule has 2 amide bonds. The number of hydrogen-bond donors (Lipinski definition) is 2. The molecule has 0 aliphatic rings. The Morgan fingerprint density at radius 3 is 2.59 bits per heavy atom. The minimum Gasteiger partial charge on any atom is -0.392 e. The van der Waals surface area contributed by atoms with Crippen LogP contribution in [0.15, 0.2) is 23.9 Å². The van der Waals surface area contributed by atoms with Gasteiger partial charge < -0.3 is 15.3 Å². The SMILES string of the molecule is C/C=C\C(=C/NC=O)C(=O)N(CC)CC(C)O. The fourth-order valence-corrected chi connectivity index (χ4v) is 1.34. The second-order valence-corrected chi connectivity index (χ2v) is 3.58. The van der Waals surface area contributed by atoms with E-state index in [1.54, 1.807) is 26.0 Å². The van der Waals surface area contributed by atoms with Crippen LogP contribution in [-0.2, 0) is 9.59 Å². The average molecular weight is 240 g/mol. The Bertz CT molecular complexity index is 309. The fourth-order valence-electron chi connectivity index (χ4n) is 1.34. The molecule has 5 nitrogen and oxygen atoms in total. The van der Waals surface area contributed by atoms with Gasteiger partial charge in [-0.25, -0.2) is 0 Å². The van der Waals surface area contributed by atoms with Gasteiger partial charge in [0.1, 0.15) is 0 Å². The van der Waals surface area contributed by atoms with Crippen LogP contribution in [0, 0.1) is 0 Å². The number of hydrogen-bond acceptors (Lipinski definition) is 3. The number of nitrogens with one attached hydrogen (secondary N) is 1. The van der Waals surface area contributed by atoms with E-state index < -0.39 is 6.10 Å². The van der Waals surface area contributed by atoms with Gasteiger partial charge in [0.05, 0.1) is 11.7 Å². The predicted octanol–water partition coefficient (Wildman–Crippen LogP) is 0.422. The summed E-state index contributed by atoms with van der Waals surface area (Å²) in [7, 11) is 0. The van der Waals surface area contributed by atoms with E-state index in [9.17, 15) is 14.7 Å². The Balaban J connectivity index is 4.84. The van der Waals surface area contributed by atoms with Crippen molar-refractivity contribution in [1.82, 2.24) is 10.2 Å². The molecule has 5 heteroatoms. The number of carbonyl (C=O) groups excluding carboxylic acids is 2. The molecule has 1 atom stereocenters. The molecule has 0 aromatic heterocycles. The minimum atomic E-state index is -0.579. The number of likely N-dealkylation sites (N-methyl/N-ethyl adjacent to an activating group) is 1. The number of aliphatic hydroxyl groups is 1. The first-order valence-corrected chi connectivity index (χ1v) is 5.56. The van der Waals surface area contributed by atoms with E-state index in [1.165, 1.54) is 11.1 Å². The fraction of sp³-hybridized carbons (Fsp3) is 0.500. The van der Waals surface area contributed by atoms with Crippen molar-refractivity contribution in [3.05, 3.63) is 23.9 Å². The van der Waals surface area contributed by atoms with Crippen LogP contribution in [0.2, 0.25) is 0 Å². The van der Waals surface area contributed by atoms with Crippen molar-refractivity contribution in [2.75, 3.05) is 13.1 Å². The number of carbonyl (C=O) groups is 2. The molecule has 0 spiro atoms. The van der Waals surface area contributed by atoms with Crippen LogP contribution >= 0.6 is 0 Å². The number of amides is 2. The Kier molecular flexibility index (Phi) is 7.71. The van der Waals surface area contributed by atoms with Crippen molar-refractivity contribution in [2.24, 2.45) is 0 Å². The first-order chi connectivity index (χ1) is 8.06. The summed E-state index contributed by atoms with van der Waals surface area (Å²) in [4.78, 5) is 23.8. The summed E-state index contributed by atoms with van der Waals surface area (Å²) in [6.07, 6.45) is 4.60. The summed E-state index contributed by atoms with van der Waals surface area (Å²) in [5.41, 5.74) is 0.377. The van der Waals surface area contributed by atoms with E-state index in [0.29, 0.717) is 18.5 Å². The largest absolute Gasteiger partial charge is 0.392 e. The molecule has 96 valence electrons. The highest BCUT2D eigenvalue weighted by Crippen LogP contribution is 2.04. The maximum atomic E-state index is 12.0. The second-order valence-electron chi connectivity index (χ2n) is 3.58. The molecule has 0 bridgehead atoms. The average Bonchev–Trinajstić information content (AvgIpc) is 2.30. The zero-order valence-electron chi connectivity index (χ0n) is 10.5. The Morgan fingerprint density at radius 2 is 2.18 bits per heavy atom. The predicted molar refractivity (Wildman–Crippen MR) is 66.0 cm³/mol. The molecular formula is C12H20N2O3. The molecule has 0 aliphatic heterocycles. The number of aliphatic hydroxyl groups excluding tert-OH is 1. The molecule has 17 heavy (non-hydrogen) atoms. The van der Waals surface area contributed by atoms with Crippen molar-refractivity contribution >= 4 is 12.3 Å². The summed E-state index contributed by atoms with van der Waals surface area (Å²) in [5, 5.41) is 11.6. The van der Waals surface area contributed by atoms with E-state index in [0.717, 1.165) is 0 Å². The first kappa shape index (κ1) is 15.4. The summed E-state index contributed by atoms with van der Waals surface area (Å²) >= 11 is 0. The van der Waals surface area contributed by atoms with Crippen LogP contribution < -0.4 is 5.32 Å². The highest BCUT2D eigenvalue weighted by atomic mass is 16.3. The summed E-state index contributed by atoms with van der Waals surface area (Å²) in [6.45, 7) is 6.01. The third-order valence-corrected chi connectivity index (χ3v) is 2.05. The summed E-state index contributed by atoms with van der Waals surface area (Å²) in [6, 6.07) is 0. The molecule has 0 aromatic carbocycles. The third-order valence-electron chi connectivity index (χ3n) is 2.05. The molecule has 0 heterocycles. The first-order valence-electron chi connectivity index (χ1n) is 5.56. The van der Waals surface area contributed by atoms with Gasteiger partial charge in [0.15, 0.2) is 0 Å². The van der Waals surface area contributed by atoms with Gasteiger partial charge in [-0.1, -0.05) is 12.2 Å². The van der Waals surface area contributed by atoms with Crippen LogP contribution in [0.3, 0.4) is 0 Å². The molecule has 0 rings (SSSR count). The molecule has 2 N–H and O–H groups in total. The van der Waals surface area contributed by atoms with E-state index in [-0.39, 0.29) is 12.5 Å². The van der Waals surface area contributed by atoms with Crippen LogP contribution in [0.5, 0.6) is 0 Å². The second kappa shape index (κ2) is 8.52. The Morgan fingerprint density at radius 1 is 1.53 bits per heavy atom. The molecule has 0 saturated heterocycles.